The Morgan fingerprint density at radius 2 is 1.75 bits per heavy atom. The molecule has 0 aromatic rings. The van der Waals surface area contributed by atoms with Gasteiger partial charge in [0.2, 0.25) is 0 Å². The molecule has 2 aliphatic rings. The fourth-order valence-electron chi connectivity index (χ4n) is 0.591. The van der Waals surface area contributed by atoms with Gasteiger partial charge in [0.1, 0.15) is 0 Å². The third kappa shape index (κ3) is 0.822. The first-order chi connectivity index (χ1) is 3.97. The molecule has 0 radical (unpaired) electrons. The van der Waals surface area contributed by atoms with Gasteiger partial charge in [-0.05, 0) is 0 Å². The molecule has 0 N–H and O–H groups in total. The molecule has 0 aromatic carbocycles. The van der Waals surface area contributed by atoms with Crippen molar-refractivity contribution in [1.82, 2.24) is 0 Å². The first kappa shape index (κ1) is 5.61. The maximum absolute atomic E-state index is 2.26. The molecular weight excluding hydrogens is 252 g/mol. The van der Waals surface area contributed by atoms with Crippen LogP contribution >= 0.6 is 18.0 Å². The Morgan fingerprint density at radius 3 is 2.25 bits per heavy atom. The van der Waals surface area contributed by atoms with Gasteiger partial charge in [-0.25, -0.2) is 0 Å². The predicted molar refractivity (Wildman–Crippen MR) is 44.2 cm³/mol. The quantitative estimate of drug-likeness (QED) is 0.605. The van der Waals surface area contributed by atoms with Crippen molar-refractivity contribution in [2.45, 2.75) is 0 Å². The first-order valence-electron chi connectivity index (χ1n) is 2.25. The van der Waals surface area contributed by atoms with Crippen LogP contribution in [0.1, 0.15) is 0 Å². The van der Waals surface area contributed by atoms with Crippen molar-refractivity contribution in [3.63, 3.8) is 0 Å². The number of hydrogen-bond donors (Lipinski definition) is 0. The van der Waals surface area contributed by atoms with Crippen molar-refractivity contribution < 1.29 is 0 Å². The van der Waals surface area contributed by atoms with Crippen LogP contribution in [0.15, 0.2) is 23.0 Å². The van der Waals surface area contributed by atoms with Crippen molar-refractivity contribution in [2.75, 3.05) is 0 Å². The van der Waals surface area contributed by atoms with Crippen LogP contribution in [0.3, 0.4) is 0 Å². The normalized spacial score (nSPS) is 25.2. The molecule has 0 unspecified atom stereocenters. The molecular formula is C5H4S2Te. The van der Waals surface area contributed by atoms with Crippen molar-refractivity contribution in [3.8, 4) is 0 Å². The SMILES string of the molecule is C1=CC2=[Te](S1)SC=C2. The van der Waals surface area contributed by atoms with Crippen molar-refractivity contribution in [3.05, 3.63) is 23.0 Å². The summed E-state index contributed by atoms with van der Waals surface area (Å²) in [6.45, 7) is 0. The van der Waals surface area contributed by atoms with Crippen LogP contribution in [0.4, 0.5) is 0 Å². The van der Waals surface area contributed by atoms with E-state index in [4.69, 9.17) is 0 Å². The van der Waals surface area contributed by atoms with Crippen molar-refractivity contribution in [1.29, 1.82) is 0 Å². The Kier molecular flexibility index (Phi) is 1.56. The van der Waals surface area contributed by atoms with Gasteiger partial charge in [-0.2, -0.15) is 0 Å². The van der Waals surface area contributed by atoms with Gasteiger partial charge in [0, 0.05) is 0 Å². The van der Waals surface area contributed by atoms with Gasteiger partial charge in [0.25, 0.3) is 0 Å². The molecule has 0 fully saturated rings. The van der Waals surface area contributed by atoms with Crippen LogP contribution in [0, 0.1) is 0 Å². The van der Waals surface area contributed by atoms with Crippen molar-refractivity contribution >= 4 is 37.9 Å². The Labute approximate surface area is 60.5 Å². The Balaban J connectivity index is 2.43. The molecule has 0 atom stereocenters. The minimum absolute atomic E-state index is 0.789. The second-order valence-electron chi connectivity index (χ2n) is 1.44. The molecule has 42 valence electrons. The van der Waals surface area contributed by atoms with E-state index < -0.39 is 16.3 Å². The van der Waals surface area contributed by atoms with E-state index in [1.807, 2.05) is 0 Å². The fraction of sp³-hybridized carbons (Fsp3) is 0. The molecule has 0 amide bonds. The summed E-state index contributed by atoms with van der Waals surface area (Å²) in [6.07, 6.45) is 4.52. The summed E-state index contributed by atoms with van der Waals surface area (Å²) < 4.78 is 1.64. The molecule has 2 heterocycles. The van der Waals surface area contributed by atoms with Crippen LogP contribution in [-0.4, -0.2) is 19.9 Å². The van der Waals surface area contributed by atoms with E-state index >= 15 is 0 Å². The van der Waals surface area contributed by atoms with E-state index in [9.17, 15) is 0 Å². The molecule has 0 bridgehead atoms. The zero-order valence-corrected chi connectivity index (χ0v) is 8.00. The molecule has 0 aliphatic carbocycles. The second kappa shape index (κ2) is 2.22. The van der Waals surface area contributed by atoms with Gasteiger partial charge >= 0.3 is 60.8 Å². The average Bonchev–Trinajstić information content (AvgIpc) is 2.15. The summed E-state index contributed by atoms with van der Waals surface area (Å²) in [4.78, 5) is 0. The van der Waals surface area contributed by atoms with E-state index in [0.717, 1.165) is 0 Å². The zero-order chi connectivity index (χ0) is 5.40. The molecule has 2 rings (SSSR count). The minimum atomic E-state index is -0.789. The molecule has 0 saturated heterocycles. The average molecular weight is 256 g/mol. The van der Waals surface area contributed by atoms with Gasteiger partial charge in [-0.1, -0.05) is 0 Å². The number of allylic oxidation sites excluding steroid dienone is 2. The molecule has 0 saturated carbocycles. The molecule has 2 aliphatic heterocycles. The molecule has 0 aromatic heterocycles. The summed E-state index contributed by atoms with van der Waals surface area (Å²) in [5.74, 6) is 0. The third-order valence-electron chi connectivity index (χ3n) is 0.943. The summed E-state index contributed by atoms with van der Waals surface area (Å²) in [5.41, 5.74) is 0. The van der Waals surface area contributed by atoms with E-state index in [-0.39, 0.29) is 0 Å². The van der Waals surface area contributed by atoms with Gasteiger partial charge in [-0.3, -0.25) is 0 Å². The maximum atomic E-state index is 2.26. The van der Waals surface area contributed by atoms with Crippen molar-refractivity contribution in [2.24, 2.45) is 0 Å². The molecule has 0 nitrogen and oxygen atoms in total. The first-order valence-corrected chi connectivity index (χ1v) is 10.7. The zero-order valence-electron chi connectivity index (χ0n) is 4.03. The molecule has 3 heteroatoms. The van der Waals surface area contributed by atoms with E-state index in [1.165, 1.54) is 0 Å². The Morgan fingerprint density at radius 1 is 1.12 bits per heavy atom. The van der Waals surface area contributed by atoms with Gasteiger partial charge in [-0.15, -0.1) is 0 Å². The van der Waals surface area contributed by atoms with Crippen LogP contribution < -0.4 is 0 Å². The molecule has 0 spiro atoms. The Bertz CT molecular complexity index is 182. The predicted octanol–water partition coefficient (Wildman–Crippen LogP) is 1.75. The van der Waals surface area contributed by atoms with Gasteiger partial charge < -0.3 is 0 Å². The second-order valence-corrected chi connectivity index (χ2v) is 14.2. The summed E-state index contributed by atoms with van der Waals surface area (Å²) in [7, 11) is 4.13. The van der Waals surface area contributed by atoms with Gasteiger partial charge in [0.15, 0.2) is 0 Å². The number of rotatable bonds is 0. The Hall–Kier alpha value is 0.840. The fourth-order valence-corrected chi connectivity index (χ4v) is 12.2. The summed E-state index contributed by atoms with van der Waals surface area (Å²) in [5, 5.41) is 4.48. The van der Waals surface area contributed by atoms with E-state index in [2.05, 4.69) is 40.9 Å². The number of hydrogen-bond acceptors (Lipinski definition) is 2. The molecule has 8 heavy (non-hydrogen) atoms. The van der Waals surface area contributed by atoms with Crippen LogP contribution in [0.2, 0.25) is 0 Å². The monoisotopic (exact) mass is 258 g/mol. The topological polar surface area (TPSA) is 0 Å². The summed E-state index contributed by atoms with van der Waals surface area (Å²) >= 11 is -0.789. The third-order valence-corrected chi connectivity index (χ3v) is 14.3. The van der Waals surface area contributed by atoms with E-state index in [0.29, 0.717) is 0 Å². The van der Waals surface area contributed by atoms with E-state index in [1.54, 1.807) is 3.55 Å². The summed E-state index contributed by atoms with van der Waals surface area (Å²) in [6, 6.07) is 0. The van der Waals surface area contributed by atoms with Crippen LogP contribution in [-0.2, 0) is 0 Å². The van der Waals surface area contributed by atoms with Crippen LogP contribution in [0.25, 0.3) is 0 Å². The standard InChI is InChI=1S/C5H4S2Te/c1-3-6-8-5(1)2-4-7-8/h1-4H. The van der Waals surface area contributed by atoms with Gasteiger partial charge in [0.05, 0.1) is 0 Å². The van der Waals surface area contributed by atoms with Crippen LogP contribution in [0.5, 0.6) is 0 Å².